The van der Waals surface area contributed by atoms with Gasteiger partial charge in [-0.1, -0.05) is 38.8 Å². The Bertz CT molecular complexity index is 1510. The van der Waals surface area contributed by atoms with E-state index in [1.165, 1.54) is 0 Å². The Morgan fingerprint density at radius 2 is 1.30 bits per heavy atom. The minimum absolute atomic E-state index is 0.129. The Morgan fingerprint density at radius 3 is 1.85 bits per heavy atom. The molecule has 2 amide bonds. The van der Waals surface area contributed by atoms with E-state index in [4.69, 9.17) is 38.6 Å². The molecule has 1 saturated heterocycles. The van der Waals surface area contributed by atoms with Crippen LogP contribution >= 0.6 is 24.4 Å². The van der Waals surface area contributed by atoms with E-state index in [-0.39, 0.29) is 22.0 Å². The zero-order chi connectivity index (χ0) is 32.7. The summed E-state index contributed by atoms with van der Waals surface area (Å²) in [5, 5.41) is 12.0. The molecule has 46 heavy (non-hydrogen) atoms. The number of nitrogens with one attached hydrogen (secondary N) is 4. The Morgan fingerprint density at radius 1 is 0.761 bits per heavy atom. The predicted octanol–water partition coefficient (Wildman–Crippen LogP) is 6.13. The molecule has 0 bridgehead atoms. The highest BCUT2D eigenvalue weighted by Gasteiger charge is 2.18. The van der Waals surface area contributed by atoms with Crippen molar-refractivity contribution < 1.29 is 23.8 Å². The molecular formula is C34H41N5O5S2. The smallest absolute Gasteiger partial charge is 0.257 e. The van der Waals surface area contributed by atoms with Gasteiger partial charge in [0.1, 0.15) is 11.5 Å². The van der Waals surface area contributed by atoms with Gasteiger partial charge < -0.3 is 29.7 Å². The zero-order valence-electron chi connectivity index (χ0n) is 26.2. The van der Waals surface area contributed by atoms with E-state index < -0.39 is 0 Å². The van der Waals surface area contributed by atoms with Gasteiger partial charge in [0.2, 0.25) is 0 Å². The van der Waals surface area contributed by atoms with E-state index >= 15 is 0 Å². The van der Waals surface area contributed by atoms with Gasteiger partial charge in [0, 0.05) is 29.9 Å². The molecule has 4 rings (SSSR count). The summed E-state index contributed by atoms with van der Waals surface area (Å²) in [6.07, 6.45) is 3.91. The van der Waals surface area contributed by atoms with Gasteiger partial charge in [0.15, 0.2) is 10.2 Å². The van der Waals surface area contributed by atoms with Crippen LogP contribution in [0, 0.1) is 0 Å². The highest BCUT2D eigenvalue weighted by Crippen LogP contribution is 2.30. The highest BCUT2D eigenvalue weighted by atomic mass is 32.1. The summed E-state index contributed by atoms with van der Waals surface area (Å²) in [5.41, 5.74) is 3.02. The Kier molecular flexibility index (Phi) is 13.6. The Labute approximate surface area is 281 Å². The summed E-state index contributed by atoms with van der Waals surface area (Å²) in [4.78, 5) is 28.1. The van der Waals surface area contributed by atoms with Crippen molar-refractivity contribution in [2.45, 2.75) is 39.5 Å². The number of hydrogen-bond acceptors (Lipinski definition) is 8. The molecule has 3 aromatic carbocycles. The van der Waals surface area contributed by atoms with Crippen LogP contribution in [-0.2, 0) is 4.74 Å². The van der Waals surface area contributed by atoms with Crippen LogP contribution in [0.3, 0.4) is 0 Å². The normalized spacial score (nSPS) is 12.5. The maximum absolute atomic E-state index is 13.0. The van der Waals surface area contributed by atoms with Crippen molar-refractivity contribution in [2.24, 2.45) is 0 Å². The number of anilines is 3. The maximum Gasteiger partial charge on any atom is 0.257 e. The van der Waals surface area contributed by atoms with Crippen LogP contribution in [0.25, 0.3) is 0 Å². The second kappa shape index (κ2) is 18.0. The molecule has 0 aromatic heterocycles. The first kappa shape index (κ1) is 34.6. The van der Waals surface area contributed by atoms with E-state index in [0.29, 0.717) is 73.5 Å². The third kappa shape index (κ3) is 10.7. The number of ether oxygens (including phenoxy) is 3. The maximum atomic E-state index is 13.0. The van der Waals surface area contributed by atoms with E-state index in [0.717, 1.165) is 31.4 Å². The van der Waals surface area contributed by atoms with Crippen LogP contribution in [0.2, 0.25) is 0 Å². The monoisotopic (exact) mass is 663 g/mol. The largest absolute Gasteiger partial charge is 0.494 e. The van der Waals surface area contributed by atoms with Crippen LogP contribution in [0.5, 0.6) is 11.5 Å². The van der Waals surface area contributed by atoms with Crippen molar-refractivity contribution in [3.05, 3.63) is 77.9 Å². The third-order valence-corrected chi connectivity index (χ3v) is 7.44. The summed E-state index contributed by atoms with van der Waals surface area (Å²) >= 11 is 11.0. The van der Waals surface area contributed by atoms with Crippen molar-refractivity contribution in [2.75, 3.05) is 55.1 Å². The van der Waals surface area contributed by atoms with Gasteiger partial charge in [0.25, 0.3) is 11.8 Å². The van der Waals surface area contributed by atoms with Crippen LogP contribution in [0.1, 0.15) is 60.2 Å². The second-order valence-electron chi connectivity index (χ2n) is 10.6. The van der Waals surface area contributed by atoms with Crippen molar-refractivity contribution in [3.63, 3.8) is 0 Å². The van der Waals surface area contributed by atoms with Crippen molar-refractivity contribution in [1.82, 2.24) is 10.6 Å². The number of carbonyl (C=O) groups is 2. The van der Waals surface area contributed by atoms with Gasteiger partial charge >= 0.3 is 0 Å². The lowest BCUT2D eigenvalue weighted by Gasteiger charge is -2.31. The van der Waals surface area contributed by atoms with Crippen LogP contribution in [0.15, 0.2) is 66.7 Å². The average Bonchev–Trinajstić information content (AvgIpc) is 3.06. The molecule has 0 atom stereocenters. The summed E-state index contributed by atoms with van der Waals surface area (Å²) in [5.74, 6) is 0.546. The number of thiocarbonyl (C=S) groups is 2. The lowest BCUT2D eigenvalue weighted by Crippen LogP contribution is -2.38. The summed E-state index contributed by atoms with van der Waals surface area (Å²) in [6.45, 7) is 7.94. The molecule has 12 heteroatoms. The lowest BCUT2D eigenvalue weighted by atomic mass is 10.2. The van der Waals surface area contributed by atoms with Gasteiger partial charge in [-0.2, -0.15) is 0 Å². The molecule has 244 valence electrons. The highest BCUT2D eigenvalue weighted by molar-refractivity contribution is 7.80. The zero-order valence-corrected chi connectivity index (χ0v) is 27.9. The fourth-order valence-corrected chi connectivity index (χ4v) is 5.00. The fourth-order valence-electron chi connectivity index (χ4n) is 4.58. The van der Waals surface area contributed by atoms with Crippen LogP contribution in [-0.4, -0.2) is 61.6 Å². The number of amides is 2. The molecule has 1 fully saturated rings. The fraction of sp³-hybridized carbons (Fsp3) is 0.353. The predicted molar refractivity (Wildman–Crippen MR) is 191 cm³/mol. The Hall–Kier alpha value is -4.26. The number of rotatable bonds is 13. The number of carbonyl (C=O) groups excluding carboxylic acids is 2. The number of nitrogens with zero attached hydrogens (tertiary/aromatic N) is 1. The van der Waals surface area contributed by atoms with Gasteiger partial charge in [-0.05, 0) is 91.9 Å². The molecule has 0 saturated carbocycles. The average molecular weight is 664 g/mol. The van der Waals surface area contributed by atoms with Crippen molar-refractivity contribution in [3.8, 4) is 11.5 Å². The molecule has 0 aliphatic carbocycles. The molecular weight excluding hydrogens is 623 g/mol. The molecule has 10 nitrogen and oxygen atoms in total. The van der Waals surface area contributed by atoms with E-state index in [2.05, 4.69) is 40.0 Å². The molecule has 0 unspecified atom stereocenters. The van der Waals surface area contributed by atoms with Gasteiger partial charge in [0.05, 0.1) is 37.8 Å². The second-order valence-corrected chi connectivity index (χ2v) is 11.4. The van der Waals surface area contributed by atoms with E-state index in [9.17, 15) is 9.59 Å². The number of morpholine rings is 1. The van der Waals surface area contributed by atoms with E-state index in [1.807, 2.05) is 30.3 Å². The first-order chi connectivity index (χ1) is 22.4. The topological polar surface area (TPSA) is 113 Å². The molecule has 1 heterocycles. The van der Waals surface area contributed by atoms with Crippen molar-refractivity contribution in [1.29, 1.82) is 0 Å². The molecule has 0 radical (unpaired) electrons. The minimum Gasteiger partial charge on any atom is -0.494 e. The lowest BCUT2D eigenvalue weighted by molar-refractivity contribution is 0.0969. The van der Waals surface area contributed by atoms with Gasteiger partial charge in [-0.15, -0.1) is 0 Å². The van der Waals surface area contributed by atoms with E-state index in [1.54, 1.807) is 36.4 Å². The standard InChI is InChI=1S/C34H41N5O5S2/c1-3-5-17-43-27-11-7-9-24(21-27)31(40)37-33(45)35-26-13-14-30(39-15-19-42-20-16-39)29(23-26)36-34(46)38-32(41)25-10-8-12-28(22-25)44-18-6-4-2/h7-14,21-23H,3-6,15-20H2,1-2H3,(H2,35,37,40,45)(H2,36,38,41,46). The molecule has 3 aromatic rings. The quantitative estimate of drug-likeness (QED) is 0.126. The summed E-state index contributed by atoms with van der Waals surface area (Å²) in [6, 6.07) is 19.6. The van der Waals surface area contributed by atoms with Crippen molar-refractivity contribution >= 4 is 63.5 Å². The summed E-state index contributed by atoms with van der Waals surface area (Å²) in [7, 11) is 0. The minimum atomic E-state index is -0.357. The first-order valence-electron chi connectivity index (χ1n) is 15.5. The molecule has 4 N–H and O–H groups in total. The SMILES string of the molecule is CCCCOc1cccc(C(=O)NC(=S)Nc2ccc(N3CCOCC3)c(NC(=S)NC(=O)c3cccc(OCCCC)c3)c2)c1. The first-order valence-corrected chi connectivity index (χ1v) is 16.3. The van der Waals surface area contributed by atoms with Crippen LogP contribution in [0.4, 0.5) is 17.1 Å². The van der Waals surface area contributed by atoms with Crippen LogP contribution < -0.4 is 35.6 Å². The summed E-state index contributed by atoms with van der Waals surface area (Å²) < 4.78 is 17.0. The number of hydrogen-bond donors (Lipinski definition) is 4. The Balaban J connectivity index is 1.42. The molecule has 1 aliphatic rings. The van der Waals surface area contributed by atoms with Gasteiger partial charge in [-0.25, -0.2) is 0 Å². The number of benzene rings is 3. The molecule has 1 aliphatic heterocycles. The van der Waals surface area contributed by atoms with Gasteiger partial charge in [-0.3, -0.25) is 20.2 Å². The molecule has 0 spiro atoms. The number of unbranched alkanes of at least 4 members (excludes halogenated alkanes) is 2. The third-order valence-electron chi connectivity index (χ3n) is 7.03.